The SMILES string of the molecule is C=C1CC(C)(C)CCC1c1cc(F)cc(Br)c1. The van der Waals surface area contributed by atoms with Gasteiger partial charge in [0.1, 0.15) is 5.82 Å². The van der Waals surface area contributed by atoms with E-state index in [1.807, 2.05) is 6.07 Å². The summed E-state index contributed by atoms with van der Waals surface area (Å²) in [7, 11) is 0. The summed E-state index contributed by atoms with van der Waals surface area (Å²) >= 11 is 3.35. The molecule has 1 aromatic carbocycles. The van der Waals surface area contributed by atoms with Gasteiger partial charge >= 0.3 is 0 Å². The molecule has 1 atom stereocenters. The molecule has 0 amide bonds. The van der Waals surface area contributed by atoms with Crippen LogP contribution in [-0.4, -0.2) is 0 Å². The quantitative estimate of drug-likeness (QED) is 0.606. The molecule has 1 aliphatic carbocycles. The average molecular weight is 297 g/mol. The van der Waals surface area contributed by atoms with Crippen molar-refractivity contribution in [3.8, 4) is 0 Å². The van der Waals surface area contributed by atoms with Gasteiger partial charge < -0.3 is 0 Å². The minimum atomic E-state index is -0.174. The number of rotatable bonds is 1. The Bertz CT molecular complexity index is 428. The Morgan fingerprint density at radius 1 is 1.35 bits per heavy atom. The van der Waals surface area contributed by atoms with Crippen LogP contribution in [0.5, 0.6) is 0 Å². The van der Waals surface area contributed by atoms with E-state index in [9.17, 15) is 4.39 Å². The molecular weight excluding hydrogens is 279 g/mol. The van der Waals surface area contributed by atoms with Gasteiger partial charge in [0, 0.05) is 10.4 Å². The second kappa shape index (κ2) is 4.56. The first-order valence-corrected chi connectivity index (χ1v) is 6.80. The third-order valence-electron chi connectivity index (χ3n) is 3.60. The molecule has 1 aromatic rings. The van der Waals surface area contributed by atoms with Crippen LogP contribution in [0.2, 0.25) is 0 Å². The second-order valence-corrected chi connectivity index (χ2v) is 6.71. The van der Waals surface area contributed by atoms with Gasteiger partial charge in [-0.25, -0.2) is 4.39 Å². The van der Waals surface area contributed by atoms with Gasteiger partial charge in [-0.05, 0) is 48.4 Å². The molecule has 0 bridgehead atoms. The number of allylic oxidation sites excluding steroid dienone is 1. The van der Waals surface area contributed by atoms with Gasteiger partial charge in [0.05, 0.1) is 0 Å². The Kier molecular flexibility index (Phi) is 3.44. The summed E-state index contributed by atoms with van der Waals surface area (Å²) in [6.07, 6.45) is 3.28. The van der Waals surface area contributed by atoms with Crippen molar-refractivity contribution in [2.75, 3.05) is 0 Å². The van der Waals surface area contributed by atoms with Crippen molar-refractivity contribution in [3.63, 3.8) is 0 Å². The van der Waals surface area contributed by atoms with Gasteiger partial charge in [-0.2, -0.15) is 0 Å². The maximum Gasteiger partial charge on any atom is 0.124 e. The van der Waals surface area contributed by atoms with Crippen LogP contribution in [0.15, 0.2) is 34.8 Å². The maximum atomic E-state index is 13.4. The van der Waals surface area contributed by atoms with Crippen LogP contribution in [0.3, 0.4) is 0 Å². The van der Waals surface area contributed by atoms with Gasteiger partial charge in [0.25, 0.3) is 0 Å². The van der Waals surface area contributed by atoms with Crippen molar-refractivity contribution >= 4 is 15.9 Å². The zero-order valence-corrected chi connectivity index (χ0v) is 12.0. The van der Waals surface area contributed by atoms with Gasteiger partial charge in [0.2, 0.25) is 0 Å². The van der Waals surface area contributed by atoms with E-state index >= 15 is 0 Å². The third kappa shape index (κ3) is 2.98. The van der Waals surface area contributed by atoms with Crippen LogP contribution in [0.4, 0.5) is 4.39 Å². The lowest BCUT2D eigenvalue weighted by Gasteiger charge is -2.36. The molecule has 1 aliphatic rings. The van der Waals surface area contributed by atoms with E-state index < -0.39 is 0 Å². The molecule has 17 heavy (non-hydrogen) atoms. The largest absolute Gasteiger partial charge is 0.207 e. The molecule has 0 aromatic heterocycles. The lowest BCUT2D eigenvalue weighted by Crippen LogP contribution is -2.22. The van der Waals surface area contributed by atoms with Crippen LogP contribution < -0.4 is 0 Å². The predicted octanol–water partition coefficient (Wildman–Crippen LogP) is 5.44. The number of halogens is 2. The van der Waals surface area contributed by atoms with Crippen molar-refractivity contribution < 1.29 is 4.39 Å². The maximum absolute atomic E-state index is 13.4. The average Bonchev–Trinajstić information content (AvgIpc) is 2.13. The Morgan fingerprint density at radius 3 is 2.65 bits per heavy atom. The molecule has 0 N–H and O–H groups in total. The summed E-state index contributed by atoms with van der Waals surface area (Å²) in [4.78, 5) is 0. The Balaban J connectivity index is 2.26. The summed E-state index contributed by atoms with van der Waals surface area (Å²) in [5.74, 6) is 0.141. The van der Waals surface area contributed by atoms with Crippen molar-refractivity contribution in [3.05, 3.63) is 46.2 Å². The molecule has 0 heterocycles. The van der Waals surface area contributed by atoms with Gasteiger partial charge in [0.15, 0.2) is 0 Å². The normalized spacial score (nSPS) is 23.8. The monoisotopic (exact) mass is 296 g/mol. The topological polar surface area (TPSA) is 0 Å². The van der Waals surface area contributed by atoms with E-state index in [0.717, 1.165) is 22.9 Å². The first-order valence-electron chi connectivity index (χ1n) is 6.01. The summed E-state index contributed by atoms with van der Waals surface area (Å²) < 4.78 is 14.2. The van der Waals surface area contributed by atoms with E-state index in [0.29, 0.717) is 11.3 Å². The minimum Gasteiger partial charge on any atom is -0.207 e. The fourth-order valence-electron chi connectivity index (χ4n) is 2.74. The number of hydrogen-bond acceptors (Lipinski definition) is 0. The molecule has 1 fully saturated rings. The van der Waals surface area contributed by atoms with E-state index in [4.69, 9.17) is 0 Å². The lowest BCUT2D eigenvalue weighted by molar-refractivity contribution is 0.274. The molecule has 1 unspecified atom stereocenters. The number of hydrogen-bond donors (Lipinski definition) is 0. The van der Waals surface area contributed by atoms with Crippen LogP contribution in [0.25, 0.3) is 0 Å². The summed E-state index contributed by atoms with van der Waals surface area (Å²) in [5, 5.41) is 0. The van der Waals surface area contributed by atoms with Crippen LogP contribution in [-0.2, 0) is 0 Å². The lowest BCUT2D eigenvalue weighted by atomic mass is 9.69. The highest BCUT2D eigenvalue weighted by Gasteiger charge is 2.30. The van der Waals surface area contributed by atoms with Crippen LogP contribution in [0, 0.1) is 11.2 Å². The van der Waals surface area contributed by atoms with Crippen molar-refractivity contribution in [1.29, 1.82) is 0 Å². The summed E-state index contributed by atoms with van der Waals surface area (Å²) in [6.45, 7) is 8.74. The molecule has 0 radical (unpaired) electrons. The fourth-order valence-corrected chi connectivity index (χ4v) is 3.23. The first kappa shape index (κ1) is 12.8. The molecule has 0 spiro atoms. The predicted molar refractivity (Wildman–Crippen MR) is 73.6 cm³/mol. The zero-order chi connectivity index (χ0) is 12.6. The molecule has 2 heteroatoms. The molecule has 2 rings (SSSR count). The van der Waals surface area contributed by atoms with Gasteiger partial charge in [-0.15, -0.1) is 0 Å². The highest BCUT2D eigenvalue weighted by atomic mass is 79.9. The molecule has 1 saturated carbocycles. The summed E-state index contributed by atoms with van der Waals surface area (Å²) in [6, 6.07) is 5.15. The molecule has 0 nitrogen and oxygen atoms in total. The van der Waals surface area contributed by atoms with E-state index in [2.05, 4.69) is 36.4 Å². The van der Waals surface area contributed by atoms with Gasteiger partial charge in [-0.1, -0.05) is 41.9 Å². The molecule has 0 saturated heterocycles. The minimum absolute atomic E-state index is 0.174. The highest BCUT2D eigenvalue weighted by Crippen LogP contribution is 2.45. The van der Waals surface area contributed by atoms with Crippen molar-refractivity contribution in [2.24, 2.45) is 5.41 Å². The Labute approximate surface area is 111 Å². The van der Waals surface area contributed by atoms with Crippen LogP contribution >= 0.6 is 15.9 Å². The van der Waals surface area contributed by atoms with E-state index in [-0.39, 0.29) is 5.82 Å². The third-order valence-corrected chi connectivity index (χ3v) is 4.05. The van der Waals surface area contributed by atoms with Crippen LogP contribution in [0.1, 0.15) is 44.6 Å². The fraction of sp³-hybridized carbons (Fsp3) is 0.467. The molecular formula is C15H18BrF. The summed E-state index contributed by atoms with van der Waals surface area (Å²) in [5.41, 5.74) is 2.63. The second-order valence-electron chi connectivity index (χ2n) is 5.79. The van der Waals surface area contributed by atoms with Gasteiger partial charge in [-0.3, -0.25) is 0 Å². The molecule has 92 valence electrons. The Morgan fingerprint density at radius 2 is 2.06 bits per heavy atom. The van der Waals surface area contributed by atoms with Crippen molar-refractivity contribution in [1.82, 2.24) is 0 Å². The van der Waals surface area contributed by atoms with E-state index in [1.165, 1.54) is 18.1 Å². The Hall–Kier alpha value is -0.630. The molecule has 0 aliphatic heterocycles. The smallest absolute Gasteiger partial charge is 0.124 e. The number of benzene rings is 1. The first-order chi connectivity index (χ1) is 7.87. The van der Waals surface area contributed by atoms with E-state index in [1.54, 1.807) is 6.07 Å². The highest BCUT2D eigenvalue weighted by molar-refractivity contribution is 9.10. The van der Waals surface area contributed by atoms with Crippen molar-refractivity contribution in [2.45, 2.75) is 39.0 Å². The standard InChI is InChI=1S/C15H18BrF/c1-10-9-15(2,3)5-4-14(10)11-6-12(16)8-13(17)7-11/h6-8,14H,1,4-5,9H2,2-3H3. The zero-order valence-electron chi connectivity index (χ0n) is 10.4.